The summed E-state index contributed by atoms with van der Waals surface area (Å²) in [5.74, 6) is 0. The number of hydrogen-bond acceptors (Lipinski definition) is 1. The molecule has 70 valence electrons. The highest BCUT2D eigenvalue weighted by molar-refractivity contribution is 9.10. The monoisotopic (exact) mass is 264 g/mol. The Morgan fingerprint density at radius 1 is 1.62 bits per heavy atom. The molecule has 0 amide bonds. The number of carbonyl (C=O) groups is 1. The number of benzene rings is 1. The van der Waals surface area contributed by atoms with Gasteiger partial charge in [0.05, 0.1) is 5.02 Å². The van der Waals surface area contributed by atoms with E-state index >= 15 is 0 Å². The standard InChI is InChI=1S/C9H7BrClFO/c1-9(12,5-13)6-2-3-8(11)7(10)4-6/h2-5H,1H3. The van der Waals surface area contributed by atoms with Crippen molar-refractivity contribution >= 4 is 33.8 Å². The summed E-state index contributed by atoms with van der Waals surface area (Å²) in [5, 5.41) is 0.491. The van der Waals surface area contributed by atoms with Crippen LogP contribution in [0.1, 0.15) is 12.5 Å². The zero-order chi connectivity index (χ0) is 10.1. The Morgan fingerprint density at radius 3 is 2.69 bits per heavy atom. The van der Waals surface area contributed by atoms with Crippen LogP contribution in [0.15, 0.2) is 22.7 Å². The van der Waals surface area contributed by atoms with Gasteiger partial charge in [-0.1, -0.05) is 17.7 Å². The van der Waals surface area contributed by atoms with Gasteiger partial charge in [0, 0.05) is 4.47 Å². The normalized spacial score (nSPS) is 15.1. The number of aldehydes is 1. The van der Waals surface area contributed by atoms with Crippen LogP contribution < -0.4 is 0 Å². The largest absolute Gasteiger partial charge is 0.299 e. The third-order valence-corrected chi connectivity index (χ3v) is 2.92. The Morgan fingerprint density at radius 2 is 2.23 bits per heavy atom. The Bertz CT molecular complexity index is 338. The van der Waals surface area contributed by atoms with E-state index in [4.69, 9.17) is 11.6 Å². The molecule has 1 unspecified atom stereocenters. The van der Waals surface area contributed by atoms with Gasteiger partial charge in [-0.15, -0.1) is 0 Å². The molecule has 0 N–H and O–H groups in total. The summed E-state index contributed by atoms with van der Waals surface area (Å²) in [4.78, 5) is 10.4. The molecule has 0 radical (unpaired) electrons. The first-order valence-electron chi connectivity index (χ1n) is 3.58. The van der Waals surface area contributed by atoms with Crippen LogP contribution >= 0.6 is 27.5 Å². The van der Waals surface area contributed by atoms with E-state index in [2.05, 4.69) is 15.9 Å². The summed E-state index contributed by atoms with van der Waals surface area (Å²) >= 11 is 8.87. The minimum absolute atomic E-state index is 0.267. The number of halogens is 3. The van der Waals surface area contributed by atoms with E-state index in [0.29, 0.717) is 15.1 Å². The van der Waals surface area contributed by atoms with E-state index in [-0.39, 0.29) is 6.29 Å². The number of hydrogen-bond donors (Lipinski definition) is 0. The fourth-order valence-electron chi connectivity index (χ4n) is 0.868. The van der Waals surface area contributed by atoms with E-state index in [1.54, 1.807) is 6.07 Å². The molecule has 0 aliphatic heterocycles. The first-order valence-corrected chi connectivity index (χ1v) is 4.75. The maximum absolute atomic E-state index is 13.4. The minimum atomic E-state index is -1.95. The fraction of sp³-hybridized carbons (Fsp3) is 0.222. The van der Waals surface area contributed by atoms with Crippen molar-refractivity contribution in [1.29, 1.82) is 0 Å². The third kappa shape index (κ3) is 2.29. The predicted octanol–water partition coefficient (Wildman–Crippen LogP) is 3.49. The van der Waals surface area contributed by atoms with Gasteiger partial charge in [-0.3, -0.25) is 4.79 Å². The van der Waals surface area contributed by atoms with Crippen LogP contribution in [0.2, 0.25) is 5.02 Å². The second kappa shape index (κ2) is 3.76. The van der Waals surface area contributed by atoms with Crippen molar-refractivity contribution in [2.24, 2.45) is 0 Å². The van der Waals surface area contributed by atoms with E-state index < -0.39 is 5.67 Å². The molecular formula is C9H7BrClFO. The topological polar surface area (TPSA) is 17.1 Å². The highest BCUT2D eigenvalue weighted by Crippen LogP contribution is 2.29. The summed E-state index contributed by atoms with van der Waals surface area (Å²) in [6, 6.07) is 4.53. The predicted molar refractivity (Wildman–Crippen MR) is 53.7 cm³/mol. The molecule has 0 saturated heterocycles. The third-order valence-electron chi connectivity index (χ3n) is 1.71. The molecule has 0 bridgehead atoms. The molecule has 1 nitrogen and oxygen atoms in total. The molecule has 13 heavy (non-hydrogen) atoms. The van der Waals surface area contributed by atoms with Crippen LogP contribution in [0.4, 0.5) is 4.39 Å². The van der Waals surface area contributed by atoms with Crippen LogP contribution in [-0.4, -0.2) is 6.29 Å². The van der Waals surface area contributed by atoms with Crippen LogP contribution in [0.25, 0.3) is 0 Å². The number of carbonyl (C=O) groups excluding carboxylic acids is 1. The molecule has 0 aliphatic rings. The maximum Gasteiger partial charge on any atom is 0.188 e. The molecule has 0 saturated carbocycles. The lowest BCUT2D eigenvalue weighted by molar-refractivity contribution is -0.117. The molecular weight excluding hydrogens is 258 g/mol. The number of rotatable bonds is 2. The summed E-state index contributed by atoms with van der Waals surface area (Å²) in [5.41, 5.74) is -1.66. The van der Waals surface area contributed by atoms with Crippen molar-refractivity contribution in [3.63, 3.8) is 0 Å². The van der Waals surface area contributed by atoms with E-state index in [1.165, 1.54) is 19.1 Å². The van der Waals surface area contributed by atoms with Crippen molar-refractivity contribution in [2.75, 3.05) is 0 Å². The lowest BCUT2D eigenvalue weighted by atomic mass is 10.0. The van der Waals surface area contributed by atoms with Crippen molar-refractivity contribution < 1.29 is 9.18 Å². The van der Waals surface area contributed by atoms with Crippen molar-refractivity contribution in [2.45, 2.75) is 12.6 Å². The fourth-order valence-corrected chi connectivity index (χ4v) is 1.36. The Labute approximate surface area is 89.0 Å². The second-order valence-corrected chi connectivity index (χ2v) is 4.08. The quantitative estimate of drug-likeness (QED) is 0.748. The zero-order valence-corrected chi connectivity index (χ0v) is 9.19. The zero-order valence-electron chi connectivity index (χ0n) is 6.85. The molecule has 0 heterocycles. The van der Waals surface area contributed by atoms with Gasteiger partial charge in [0.15, 0.2) is 12.0 Å². The van der Waals surface area contributed by atoms with Gasteiger partial charge in [-0.05, 0) is 40.5 Å². The first kappa shape index (κ1) is 10.7. The molecule has 0 aliphatic carbocycles. The Balaban J connectivity index is 3.18. The minimum Gasteiger partial charge on any atom is -0.299 e. The van der Waals surface area contributed by atoms with Crippen molar-refractivity contribution in [3.05, 3.63) is 33.3 Å². The van der Waals surface area contributed by atoms with Gasteiger partial charge in [-0.2, -0.15) is 0 Å². The highest BCUT2D eigenvalue weighted by atomic mass is 79.9. The molecule has 0 fully saturated rings. The average Bonchev–Trinajstić information content (AvgIpc) is 2.09. The highest BCUT2D eigenvalue weighted by Gasteiger charge is 2.25. The Kier molecular flexibility index (Phi) is 3.09. The van der Waals surface area contributed by atoms with Crippen LogP contribution in [0.3, 0.4) is 0 Å². The van der Waals surface area contributed by atoms with Gasteiger partial charge >= 0.3 is 0 Å². The summed E-state index contributed by atoms with van der Waals surface area (Å²) in [7, 11) is 0. The van der Waals surface area contributed by atoms with Crippen molar-refractivity contribution in [1.82, 2.24) is 0 Å². The first-order chi connectivity index (χ1) is 5.97. The van der Waals surface area contributed by atoms with Gasteiger partial charge in [0.25, 0.3) is 0 Å². The second-order valence-electron chi connectivity index (χ2n) is 2.82. The van der Waals surface area contributed by atoms with Crippen LogP contribution in [0.5, 0.6) is 0 Å². The SMILES string of the molecule is CC(F)(C=O)c1ccc(Cl)c(Br)c1. The molecule has 0 spiro atoms. The van der Waals surface area contributed by atoms with Gasteiger partial charge in [0.2, 0.25) is 0 Å². The van der Waals surface area contributed by atoms with E-state index in [1.807, 2.05) is 0 Å². The summed E-state index contributed by atoms with van der Waals surface area (Å²) in [6.45, 7) is 1.20. The lowest BCUT2D eigenvalue weighted by Crippen LogP contribution is -2.16. The van der Waals surface area contributed by atoms with Crippen molar-refractivity contribution in [3.8, 4) is 0 Å². The molecule has 1 aromatic carbocycles. The lowest BCUT2D eigenvalue weighted by Gasteiger charge is -2.13. The van der Waals surface area contributed by atoms with Gasteiger partial charge in [-0.25, -0.2) is 4.39 Å². The molecule has 4 heteroatoms. The smallest absolute Gasteiger partial charge is 0.188 e. The molecule has 1 atom stereocenters. The Hall–Kier alpha value is -0.410. The number of alkyl halides is 1. The van der Waals surface area contributed by atoms with Gasteiger partial charge in [0.1, 0.15) is 0 Å². The van der Waals surface area contributed by atoms with E-state index in [9.17, 15) is 9.18 Å². The molecule has 0 aromatic heterocycles. The van der Waals surface area contributed by atoms with Crippen LogP contribution in [-0.2, 0) is 10.5 Å². The van der Waals surface area contributed by atoms with Gasteiger partial charge < -0.3 is 0 Å². The molecule has 1 rings (SSSR count). The summed E-state index contributed by atoms with van der Waals surface area (Å²) < 4.78 is 14.0. The molecule has 1 aromatic rings. The average molecular weight is 266 g/mol. The maximum atomic E-state index is 13.4. The van der Waals surface area contributed by atoms with Crippen LogP contribution in [0, 0.1) is 0 Å². The van der Waals surface area contributed by atoms with E-state index in [0.717, 1.165) is 0 Å². The summed E-state index contributed by atoms with van der Waals surface area (Å²) in [6.07, 6.45) is 0.267.